The first-order valence-electron chi connectivity index (χ1n) is 6.36. The maximum absolute atomic E-state index is 6.14. The minimum absolute atomic E-state index is 0. The van der Waals surface area contributed by atoms with Gasteiger partial charge >= 0.3 is 0 Å². The summed E-state index contributed by atoms with van der Waals surface area (Å²) in [5.41, 5.74) is 4.48. The molecule has 0 saturated carbocycles. The Morgan fingerprint density at radius 1 is 1.33 bits per heavy atom. The van der Waals surface area contributed by atoms with Gasteiger partial charge in [0.1, 0.15) is 0 Å². The molecular formula is C14H16Cl2N2. The minimum Gasteiger partial charge on any atom is -0.331 e. The van der Waals surface area contributed by atoms with Gasteiger partial charge in [-0.15, -0.1) is 12.4 Å². The van der Waals surface area contributed by atoms with Crippen molar-refractivity contribution in [2.75, 3.05) is 6.54 Å². The van der Waals surface area contributed by atoms with E-state index >= 15 is 0 Å². The van der Waals surface area contributed by atoms with E-state index in [2.05, 4.69) is 22.0 Å². The van der Waals surface area contributed by atoms with Crippen molar-refractivity contribution in [1.82, 2.24) is 9.88 Å². The Labute approximate surface area is 118 Å². The third-order valence-electron chi connectivity index (χ3n) is 4.20. The maximum atomic E-state index is 6.14. The van der Waals surface area contributed by atoms with Crippen LogP contribution < -0.4 is 5.32 Å². The van der Waals surface area contributed by atoms with Crippen molar-refractivity contribution < 1.29 is 0 Å². The molecule has 0 amide bonds. The fourth-order valence-corrected chi connectivity index (χ4v) is 3.70. The van der Waals surface area contributed by atoms with E-state index in [0.29, 0.717) is 5.92 Å². The van der Waals surface area contributed by atoms with Gasteiger partial charge in [-0.1, -0.05) is 11.6 Å². The number of rotatable bonds is 0. The predicted octanol–water partition coefficient (Wildman–Crippen LogP) is 3.70. The van der Waals surface area contributed by atoms with Gasteiger partial charge < -0.3 is 4.57 Å². The van der Waals surface area contributed by atoms with Crippen molar-refractivity contribution >= 4 is 34.9 Å². The van der Waals surface area contributed by atoms with Crippen LogP contribution >= 0.6 is 24.0 Å². The van der Waals surface area contributed by atoms with E-state index in [1.165, 1.54) is 30.2 Å². The van der Waals surface area contributed by atoms with Crippen molar-refractivity contribution in [3.63, 3.8) is 0 Å². The molecule has 0 fully saturated rings. The van der Waals surface area contributed by atoms with Crippen molar-refractivity contribution in [1.29, 1.82) is 0 Å². The molecule has 2 nitrogen and oxygen atoms in total. The lowest BCUT2D eigenvalue weighted by Crippen LogP contribution is -2.34. The SMILES string of the molecule is Cl.Clc1ccc2c(c1)c1c3n2CNCC3CCC1. The number of fused-ring (bicyclic) bond motifs is 3. The molecule has 4 rings (SSSR count). The smallest absolute Gasteiger partial charge is 0.0729 e. The summed E-state index contributed by atoms with van der Waals surface area (Å²) in [5.74, 6) is 0.707. The Bertz CT molecular complexity index is 601. The third kappa shape index (κ3) is 1.59. The van der Waals surface area contributed by atoms with Crippen LogP contribution in [-0.4, -0.2) is 11.1 Å². The normalized spacial score (nSPS) is 21.5. The highest BCUT2D eigenvalue weighted by molar-refractivity contribution is 6.31. The molecule has 1 unspecified atom stereocenters. The number of benzene rings is 1. The van der Waals surface area contributed by atoms with Crippen LogP contribution in [0, 0.1) is 0 Å². The quantitative estimate of drug-likeness (QED) is 0.780. The molecule has 1 aromatic carbocycles. The standard InChI is InChI=1S/C14H15ClN2.ClH/c15-10-4-5-13-12(6-10)11-3-1-2-9-7-16-8-17(13)14(9)11;/h4-6,9,16H,1-3,7-8H2;1H. The van der Waals surface area contributed by atoms with E-state index in [9.17, 15) is 0 Å². The van der Waals surface area contributed by atoms with Crippen molar-refractivity contribution in [3.05, 3.63) is 34.5 Å². The van der Waals surface area contributed by atoms with Crippen LogP contribution in [0.15, 0.2) is 18.2 Å². The van der Waals surface area contributed by atoms with Gasteiger partial charge in [-0.2, -0.15) is 0 Å². The molecule has 1 aliphatic carbocycles. The van der Waals surface area contributed by atoms with Gasteiger partial charge in [-0.25, -0.2) is 0 Å². The molecule has 0 bridgehead atoms. The summed E-state index contributed by atoms with van der Waals surface area (Å²) in [6.45, 7) is 2.08. The van der Waals surface area contributed by atoms with Crippen molar-refractivity contribution in [2.24, 2.45) is 0 Å². The van der Waals surface area contributed by atoms with Crippen LogP contribution in [-0.2, 0) is 13.1 Å². The van der Waals surface area contributed by atoms with Crippen LogP contribution in [0.1, 0.15) is 30.0 Å². The van der Waals surface area contributed by atoms with Crippen LogP contribution in [0.2, 0.25) is 5.02 Å². The Morgan fingerprint density at radius 2 is 2.22 bits per heavy atom. The first-order chi connectivity index (χ1) is 8.34. The topological polar surface area (TPSA) is 17.0 Å². The van der Waals surface area contributed by atoms with Crippen LogP contribution in [0.25, 0.3) is 10.9 Å². The molecule has 1 N–H and O–H groups in total. The Balaban J connectivity index is 0.000001000. The minimum atomic E-state index is 0. The number of hydrogen-bond acceptors (Lipinski definition) is 1. The summed E-state index contributed by atoms with van der Waals surface area (Å²) in [6, 6.07) is 6.31. The number of hydrogen-bond donors (Lipinski definition) is 1. The molecule has 96 valence electrons. The van der Waals surface area contributed by atoms with Crippen LogP contribution in [0.3, 0.4) is 0 Å². The summed E-state index contributed by atoms with van der Waals surface area (Å²) in [7, 11) is 0. The molecular weight excluding hydrogens is 267 g/mol. The number of nitrogens with zero attached hydrogens (tertiary/aromatic N) is 1. The Morgan fingerprint density at radius 3 is 3.11 bits per heavy atom. The zero-order chi connectivity index (χ0) is 11.4. The summed E-state index contributed by atoms with van der Waals surface area (Å²) >= 11 is 6.14. The highest BCUT2D eigenvalue weighted by Crippen LogP contribution is 2.40. The average molecular weight is 283 g/mol. The van der Waals surface area contributed by atoms with E-state index in [1.807, 2.05) is 6.07 Å². The van der Waals surface area contributed by atoms with Gasteiger partial charge in [0, 0.05) is 34.1 Å². The van der Waals surface area contributed by atoms with Gasteiger partial charge in [0.25, 0.3) is 0 Å². The van der Waals surface area contributed by atoms with Crippen LogP contribution in [0.5, 0.6) is 0 Å². The van der Waals surface area contributed by atoms with E-state index in [0.717, 1.165) is 18.2 Å². The Kier molecular flexibility index (Phi) is 3.05. The number of halogens is 2. The third-order valence-corrected chi connectivity index (χ3v) is 4.44. The molecule has 1 atom stereocenters. The number of aromatic nitrogens is 1. The molecule has 2 aliphatic rings. The van der Waals surface area contributed by atoms with Gasteiger partial charge in [-0.05, 0) is 43.0 Å². The fourth-order valence-electron chi connectivity index (χ4n) is 3.53. The molecule has 18 heavy (non-hydrogen) atoms. The lowest BCUT2D eigenvalue weighted by atomic mass is 9.86. The second kappa shape index (κ2) is 4.44. The number of aryl methyl sites for hydroxylation is 1. The Hall–Kier alpha value is -0.700. The molecule has 0 saturated heterocycles. The number of nitrogens with one attached hydrogen (secondary N) is 1. The first kappa shape index (κ1) is 12.3. The van der Waals surface area contributed by atoms with Gasteiger partial charge in [0.2, 0.25) is 0 Å². The molecule has 2 aromatic rings. The summed E-state index contributed by atoms with van der Waals surface area (Å²) in [4.78, 5) is 0. The molecule has 2 heterocycles. The largest absolute Gasteiger partial charge is 0.331 e. The van der Waals surface area contributed by atoms with Crippen LogP contribution in [0.4, 0.5) is 0 Å². The molecule has 1 aromatic heterocycles. The highest BCUT2D eigenvalue weighted by Gasteiger charge is 2.29. The second-order valence-electron chi connectivity index (χ2n) is 5.15. The zero-order valence-electron chi connectivity index (χ0n) is 10.1. The maximum Gasteiger partial charge on any atom is 0.0729 e. The van der Waals surface area contributed by atoms with E-state index in [-0.39, 0.29) is 12.4 Å². The second-order valence-corrected chi connectivity index (χ2v) is 5.59. The van der Waals surface area contributed by atoms with E-state index in [4.69, 9.17) is 11.6 Å². The highest BCUT2D eigenvalue weighted by atomic mass is 35.5. The zero-order valence-corrected chi connectivity index (χ0v) is 11.7. The van der Waals surface area contributed by atoms with Gasteiger partial charge in [-0.3, -0.25) is 5.32 Å². The van der Waals surface area contributed by atoms with Crippen molar-refractivity contribution in [3.8, 4) is 0 Å². The summed E-state index contributed by atoms with van der Waals surface area (Å²) < 4.78 is 2.45. The molecule has 4 heteroatoms. The van der Waals surface area contributed by atoms with Gasteiger partial charge in [0.05, 0.1) is 6.67 Å². The fraction of sp³-hybridized carbons (Fsp3) is 0.429. The summed E-state index contributed by atoms with van der Waals surface area (Å²) in [6.07, 6.45) is 3.85. The van der Waals surface area contributed by atoms with Crippen molar-refractivity contribution in [2.45, 2.75) is 31.8 Å². The molecule has 1 aliphatic heterocycles. The summed E-state index contributed by atoms with van der Waals surface area (Å²) in [5, 5.41) is 5.76. The first-order valence-corrected chi connectivity index (χ1v) is 6.73. The lowest BCUT2D eigenvalue weighted by Gasteiger charge is -2.30. The monoisotopic (exact) mass is 282 g/mol. The van der Waals surface area contributed by atoms with E-state index in [1.54, 1.807) is 11.3 Å². The lowest BCUT2D eigenvalue weighted by molar-refractivity contribution is 0.402. The molecule has 0 spiro atoms. The molecule has 0 radical (unpaired) electrons. The van der Waals surface area contributed by atoms with Gasteiger partial charge in [0.15, 0.2) is 0 Å². The predicted molar refractivity (Wildman–Crippen MR) is 77.9 cm³/mol. The van der Waals surface area contributed by atoms with E-state index < -0.39 is 0 Å². The average Bonchev–Trinajstić information content (AvgIpc) is 2.67.